The molecule has 0 bridgehead atoms. The normalized spacial score (nSPS) is 20.4. The van der Waals surface area contributed by atoms with Crippen molar-refractivity contribution in [3.05, 3.63) is 23.3 Å². The summed E-state index contributed by atoms with van der Waals surface area (Å²) in [4.78, 5) is 5.77. The predicted octanol–water partition coefficient (Wildman–Crippen LogP) is 1.97. The second-order valence-electron chi connectivity index (χ2n) is 4.04. The van der Waals surface area contributed by atoms with Crippen LogP contribution in [0.2, 0.25) is 0 Å². The van der Waals surface area contributed by atoms with E-state index >= 15 is 0 Å². The molecule has 1 fully saturated rings. The standard InChI is InChI=1S/C11H14N4S/c1-15-11(8-4-2-6-12-8)13-10(14-15)9-5-3-7-16-9/h3,5,7-8,12H,2,4,6H2,1H3. The molecule has 16 heavy (non-hydrogen) atoms. The van der Waals surface area contributed by atoms with Gasteiger partial charge >= 0.3 is 0 Å². The molecule has 1 aliphatic heterocycles. The Morgan fingerprint density at radius 3 is 3.19 bits per heavy atom. The van der Waals surface area contributed by atoms with Crippen LogP contribution in [0.25, 0.3) is 10.7 Å². The minimum atomic E-state index is 0.381. The number of aryl methyl sites for hydroxylation is 1. The smallest absolute Gasteiger partial charge is 0.191 e. The van der Waals surface area contributed by atoms with Crippen LogP contribution in [0.15, 0.2) is 17.5 Å². The van der Waals surface area contributed by atoms with Crippen LogP contribution in [0, 0.1) is 0 Å². The Balaban J connectivity index is 1.95. The van der Waals surface area contributed by atoms with Gasteiger partial charge in [0, 0.05) is 7.05 Å². The number of thiophene rings is 1. The van der Waals surface area contributed by atoms with Gasteiger partial charge in [0.25, 0.3) is 0 Å². The van der Waals surface area contributed by atoms with Crippen molar-refractivity contribution in [2.75, 3.05) is 6.54 Å². The Kier molecular flexibility index (Phi) is 2.49. The highest BCUT2D eigenvalue weighted by molar-refractivity contribution is 7.13. The molecule has 2 aromatic rings. The van der Waals surface area contributed by atoms with Crippen molar-refractivity contribution >= 4 is 11.3 Å². The third-order valence-corrected chi connectivity index (χ3v) is 3.78. The first kappa shape index (κ1) is 9.99. The van der Waals surface area contributed by atoms with Crippen LogP contribution < -0.4 is 5.32 Å². The molecule has 1 N–H and O–H groups in total. The SMILES string of the molecule is Cn1nc(-c2cccs2)nc1C1CCCN1. The molecular formula is C11H14N4S. The van der Waals surface area contributed by atoms with E-state index in [-0.39, 0.29) is 0 Å². The maximum Gasteiger partial charge on any atom is 0.191 e. The van der Waals surface area contributed by atoms with Crippen molar-refractivity contribution in [2.24, 2.45) is 7.05 Å². The fourth-order valence-corrected chi connectivity index (χ4v) is 2.77. The minimum Gasteiger partial charge on any atom is -0.307 e. The molecule has 0 saturated carbocycles. The average molecular weight is 234 g/mol. The molecule has 0 radical (unpaired) electrons. The number of rotatable bonds is 2. The Bertz CT molecular complexity index is 468. The monoisotopic (exact) mass is 234 g/mol. The Labute approximate surface area is 98.3 Å². The third kappa shape index (κ3) is 1.66. The quantitative estimate of drug-likeness (QED) is 0.864. The molecular weight excluding hydrogens is 220 g/mol. The number of nitrogens with one attached hydrogen (secondary N) is 1. The molecule has 3 heterocycles. The molecule has 1 aliphatic rings. The van der Waals surface area contributed by atoms with E-state index < -0.39 is 0 Å². The summed E-state index contributed by atoms with van der Waals surface area (Å²) in [7, 11) is 1.97. The van der Waals surface area contributed by atoms with E-state index in [1.54, 1.807) is 11.3 Å². The zero-order chi connectivity index (χ0) is 11.0. The van der Waals surface area contributed by atoms with Crippen LogP contribution in [0.3, 0.4) is 0 Å². The Morgan fingerprint density at radius 2 is 2.50 bits per heavy atom. The highest BCUT2D eigenvalue weighted by Crippen LogP contribution is 2.25. The third-order valence-electron chi connectivity index (χ3n) is 2.91. The number of nitrogens with zero attached hydrogens (tertiary/aromatic N) is 3. The maximum atomic E-state index is 4.63. The molecule has 1 saturated heterocycles. The van der Waals surface area contributed by atoms with Crippen LogP contribution in [0.5, 0.6) is 0 Å². The highest BCUT2D eigenvalue weighted by Gasteiger charge is 2.22. The molecule has 0 amide bonds. The average Bonchev–Trinajstić information content (AvgIpc) is 2.97. The topological polar surface area (TPSA) is 42.7 Å². The van der Waals surface area contributed by atoms with Gasteiger partial charge in [-0.25, -0.2) is 4.98 Å². The number of hydrogen-bond donors (Lipinski definition) is 1. The van der Waals surface area contributed by atoms with Gasteiger partial charge in [0.2, 0.25) is 0 Å². The van der Waals surface area contributed by atoms with E-state index in [4.69, 9.17) is 0 Å². The number of aromatic nitrogens is 3. The summed E-state index contributed by atoms with van der Waals surface area (Å²) < 4.78 is 1.90. The van der Waals surface area contributed by atoms with Crippen molar-refractivity contribution in [2.45, 2.75) is 18.9 Å². The Hall–Kier alpha value is -1.20. The van der Waals surface area contributed by atoms with Crippen molar-refractivity contribution in [3.63, 3.8) is 0 Å². The summed E-state index contributed by atoms with van der Waals surface area (Å²) in [6.07, 6.45) is 2.39. The lowest BCUT2D eigenvalue weighted by molar-refractivity contribution is 0.559. The highest BCUT2D eigenvalue weighted by atomic mass is 32.1. The summed E-state index contributed by atoms with van der Waals surface area (Å²) in [5, 5.41) is 9.98. The lowest BCUT2D eigenvalue weighted by Crippen LogP contribution is -2.17. The molecule has 2 aromatic heterocycles. The van der Waals surface area contributed by atoms with Gasteiger partial charge in [-0.3, -0.25) is 4.68 Å². The summed E-state index contributed by atoms with van der Waals surface area (Å²) in [5.41, 5.74) is 0. The first-order valence-corrected chi connectivity index (χ1v) is 6.41. The fourth-order valence-electron chi connectivity index (χ4n) is 2.12. The molecule has 1 unspecified atom stereocenters. The lowest BCUT2D eigenvalue weighted by Gasteiger charge is -2.07. The largest absolute Gasteiger partial charge is 0.307 e. The van der Waals surface area contributed by atoms with Gasteiger partial charge < -0.3 is 5.32 Å². The molecule has 0 aromatic carbocycles. The van der Waals surface area contributed by atoms with Crippen LogP contribution in [-0.2, 0) is 7.05 Å². The molecule has 0 spiro atoms. The van der Waals surface area contributed by atoms with E-state index in [0.717, 1.165) is 29.5 Å². The van der Waals surface area contributed by atoms with E-state index in [1.165, 1.54) is 6.42 Å². The summed E-state index contributed by atoms with van der Waals surface area (Å²) >= 11 is 1.68. The van der Waals surface area contributed by atoms with Gasteiger partial charge in [-0.1, -0.05) is 6.07 Å². The van der Waals surface area contributed by atoms with Crippen molar-refractivity contribution in [1.29, 1.82) is 0 Å². The van der Waals surface area contributed by atoms with Gasteiger partial charge in [0.15, 0.2) is 5.82 Å². The van der Waals surface area contributed by atoms with Gasteiger partial charge in [0.1, 0.15) is 5.82 Å². The van der Waals surface area contributed by atoms with Crippen LogP contribution in [-0.4, -0.2) is 21.3 Å². The molecule has 1 atom stereocenters. The maximum absolute atomic E-state index is 4.63. The Morgan fingerprint density at radius 1 is 1.56 bits per heavy atom. The molecule has 5 heteroatoms. The summed E-state index contributed by atoms with van der Waals surface area (Å²) in [6, 6.07) is 4.47. The first-order chi connectivity index (χ1) is 7.84. The predicted molar refractivity (Wildman–Crippen MR) is 64.3 cm³/mol. The second kappa shape index (κ2) is 3.99. The first-order valence-electron chi connectivity index (χ1n) is 5.53. The molecule has 0 aliphatic carbocycles. The van der Waals surface area contributed by atoms with Gasteiger partial charge in [-0.2, -0.15) is 5.10 Å². The van der Waals surface area contributed by atoms with E-state index in [2.05, 4.69) is 26.8 Å². The van der Waals surface area contributed by atoms with Crippen LogP contribution in [0.1, 0.15) is 24.7 Å². The van der Waals surface area contributed by atoms with Gasteiger partial charge in [-0.05, 0) is 30.8 Å². The summed E-state index contributed by atoms with van der Waals surface area (Å²) in [6.45, 7) is 1.09. The zero-order valence-corrected chi connectivity index (χ0v) is 10.00. The van der Waals surface area contributed by atoms with Gasteiger partial charge in [-0.15, -0.1) is 11.3 Å². The van der Waals surface area contributed by atoms with Crippen molar-refractivity contribution in [3.8, 4) is 10.7 Å². The molecule has 3 rings (SSSR count). The zero-order valence-electron chi connectivity index (χ0n) is 9.18. The lowest BCUT2D eigenvalue weighted by atomic mass is 10.2. The molecule has 84 valence electrons. The molecule has 4 nitrogen and oxygen atoms in total. The van der Waals surface area contributed by atoms with Crippen LogP contribution in [0.4, 0.5) is 0 Å². The van der Waals surface area contributed by atoms with Gasteiger partial charge in [0.05, 0.1) is 10.9 Å². The second-order valence-corrected chi connectivity index (χ2v) is 4.99. The minimum absolute atomic E-state index is 0.381. The van der Waals surface area contributed by atoms with E-state index in [0.29, 0.717) is 6.04 Å². The number of hydrogen-bond acceptors (Lipinski definition) is 4. The van der Waals surface area contributed by atoms with E-state index in [1.807, 2.05) is 17.8 Å². The summed E-state index contributed by atoms with van der Waals surface area (Å²) in [5.74, 6) is 1.90. The van der Waals surface area contributed by atoms with Crippen molar-refractivity contribution in [1.82, 2.24) is 20.1 Å². The fraction of sp³-hybridized carbons (Fsp3) is 0.455. The van der Waals surface area contributed by atoms with Crippen LogP contribution >= 0.6 is 11.3 Å². The van der Waals surface area contributed by atoms with E-state index in [9.17, 15) is 0 Å². The van der Waals surface area contributed by atoms with Crippen molar-refractivity contribution < 1.29 is 0 Å².